The van der Waals surface area contributed by atoms with Crippen LogP contribution in [0.5, 0.6) is 5.75 Å². The van der Waals surface area contributed by atoms with Crippen LogP contribution in [0.1, 0.15) is 52.0 Å². The number of nitrogens with zero attached hydrogens (tertiary/aromatic N) is 1. The Morgan fingerprint density at radius 1 is 1.19 bits per heavy atom. The van der Waals surface area contributed by atoms with E-state index in [1.54, 1.807) is 6.08 Å². The van der Waals surface area contributed by atoms with Gasteiger partial charge in [0.15, 0.2) is 0 Å². The van der Waals surface area contributed by atoms with Gasteiger partial charge in [-0.3, -0.25) is 0 Å². The van der Waals surface area contributed by atoms with Crippen molar-refractivity contribution in [2.75, 3.05) is 27.2 Å². The molecule has 0 saturated heterocycles. The van der Waals surface area contributed by atoms with Gasteiger partial charge in [-0.1, -0.05) is 39.5 Å². The Morgan fingerprint density at radius 2 is 1.91 bits per heavy atom. The Labute approximate surface area is 193 Å². The maximum absolute atomic E-state index is 12.7. The van der Waals surface area contributed by atoms with Crippen molar-refractivity contribution < 1.29 is 14.3 Å². The second-order valence-corrected chi connectivity index (χ2v) is 11.1. The van der Waals surface area contributed by atoms with E-state index < -0.39 is 0 Å². The molecular weight excluding hydrogens is 398 g/mol. The molecule has 0 aliphatic heterocycles. The van der Waals surface area contributed by atoms with Gasteiger partial charge in [0.2, 0.25) is 0 Å². The lowest BCUT2D eigenvalue weighted by Gasteiger charge is -2.41. The van der Waals surface area contributed by atoms with Gasteiger partial charge in [-0.05, 0) is 97.7 Å². The number of hydrogen-bond donors (Lipinski definition) is 0. The molecule has 0 N–H and O–H groups in total. The molecule has 3 aliphatic carbocycles. The SMILES string of the molecule is C=C1C(OC(=O)/C=C/c2ccc(OCCN(C)C)cc2)CC23CC1C(C)(C)[C@@H]2CC[C@H]3C. The molecule has 1 aromatic rings. The van der Waals surface area contributed by atoms with Crippen molar-refractivity contribution in [2.45, 2.75) is 52.6 Å². The first-order chi connectivity index (χ1) is 15.1. The highest BCUT2D eigenvalue weighted by Gasteiger charge is 2.66. The Bertz CT molecular complexity index is 884. The maximum Gasteiger partial charge on any atom is 0.331 e. The van der Waals surface area contributed by atoms with E-state index in [-0.39, 0.29) is 17.5 Å². The van der Waals surface area contributed by atoms with Crippen molar-refractivity contribution in [3.63, 3.8) is 0 Å². The lowest BCUT2D eigenvalue weighted by molar-refractivity contribution is -0.144. The molecule has 2 bridgehead atoms. The van der Waals surface area contributed by atoms with Crippen LogP contribution in [0.2, 0.25) is 0 Å². The van der Waals surface area contributed by atoms with Crippen LogP contribution in [0, 0.1) is 28.6 Å². The molecule has 0 radical (unpaired) electrons. The molecule has 3 unspecified atom stereocenters. The molecule has 1 aromatic carbocycles. The van der Waals surface area contributed by atoms with Gasteiger partial charge in [0.1, 0.15) is 18.5 Å². The van der Waals surface area contributed by atoms with Crippen molar-refractivity contribution in [1.29, 1.82) is 0 Å². The first kappa shape index (κ1) is 23.1. The van der Waals surface area contributed by atoms with Gasteiger partial charge in [-0.25, -0.2) is 4.79 Å². The molecule has 0 amide bonds. The fourth-order valence-electron chi connectivity index (χ4n) is 6.90. The third-order valence-corrected chi connectivity index (χ3v) is 8.73. The summed E-state index contributed by atoms with van der Waals surface area (Å²) in [5.74, 6) is 2.41. The van der Waals surface area contributed by atoms with Crippen LogP contribution in [0.25, 0.3) is 6.08 Å². The van der Waals surface area contributed by atoms with Crippen LogP contribution in [0.3, 0.4) is 0 Å². The number of carbonyl (C=O) groups excluding carboxylic acids is 1. The number of likely N-dealkylation sites (N-methyl/N-ethyl adjacent to an activating group) is 1. The highest BCUT2D eigenvalue weighted by Crippen LogP contribution is 2.72. The van der Waals surface area contributed by atoms with Crippen LogP contribution in [-0.4, -0.2) is 44.2 Å². The van der Waals surface area contributed by atoms with E-state index in [0.717, 1.165) is 29.9 Å². The lowest BCUT2D eigenvalue weighted by atomic mass is 9.66. The minimum Gasteiger partial charge on any atom is -0.492 e. The summed E-state index contributed by atoms with van der Waals surface area (Å²) in [6.07, 6.45) is 7.95. The summed E-state index contributed by atoms with van der Waals surface area (Å²) in [4.78, 5) is 14.8. The summed E-state index contributed by atoms with van der Waals surface area (Å²) in [6.45, 7) is 13.2. The van der Waals surface area contributed by atoms with Crippen molar-refractivity contribution in [3.05, 3.63) is 48.1 Å². The molecule has 3 saturated carbocycles. The number of esters is 1. The van der Waals surface area contributed by atoms with Gasteiger partial charge in [0, 0.05) is 12.6 Å². The average molecular weight is 438 g/mol. The fraction of sp³-hybridized carbons (Fsp3) is 0.607. The number of hydrogen-bond acceptors (Lipinski definition) is 4. The largest absolute Gasteiger partial charge is 0.492 e. The molecule has 3 fully saturated rings. The molecule has 174 valence electrons. The maximum atomic E-state index is 12.7. The molecule has 0 heterocycles. The van der Waals surface area contributed by atoms with Crippen LogP contribution in [0.15, 0.2) is 42.5 Å². The quantitative estimate of drug-likeness (QED) is 0.317. The molecule has 0 aromatic heterocycles. The van der Waals surface area contributed by atoms with Crippen molar-refractivity contribution >= 4 is 12.0 Å². The standard InChI is InChI=1S/C28H39NO3/c1-19-7-13-25-27(3,4)23-17-28(19,25)18-24(20(23)2)32-26(30)14-10-21-8-11-22(12-9-21)31-16-15-29(5)6/h8-12,14,19,23-25H,2,7,13,15-18H2,1,3-6H3/b14-10+/t19-,23?,24?,25+,28?/m1/s1. The fourth-order valence-corrected chi connectivity index (χ4v) is 6.90. The molecule has 4 heteroatoms. The second kappa shape index (κ2) is 8.70. The normalized spacial score (nSPS) is 33.0. The van der Waals surface area contributed by atoms with E-state index in [1.807, 2.05) is 44.4 Å². The molecule has 5 atom stereocenters. The summed E-state index contributed by atoms with van der Waals surface area (Å²) >= 11 is 0. The topological polar surface area (TPSA) is 38.8 Å². The summed E-state index contributed by atoms with van der Waals surface area (Å²) in [5, 5.41) is 0. The molecule has 32 heavy (non-hydrogen) atoms. The Balaban J connectivity index is 1.37. The lowest BCUT2D eigenvalue weighted by Crippen LogP contribution is -2.38. The van der Waals surface area contributed by atoms with Gasteiger partial charge < -0.3 is 14.4 Å². The molecule has 1 spiro atoms. The highest BCUT2D eigenvalue weighted by molar-refractivity contribution is 5.87. The van der Waals surface area contributed by atoms with Crippen molar-refractivity contribution in [2.24, 2.45) is 28.6 Å². The molecular formula is C28H39NO3. The number of fused-ring (bicyclic) bond motifs is 1. The minimum atomic E-state index is -0.278. The van der Waals surface area contributed by atoms with Crippen molar-refractivity contribution in [1.82, 2.24) is 4.90 Å². The predicted octanol–water partition coefficient (Wildman–Crippen LogP) is 5.59. The smallest absolute Gasteiger partial charge is 0.331 e. The van der Waals surface area contributed by atoms with E-state index in [4.69, 9.17) is 9.47 Å². The zero-order chi connectivity index (χ0) is 23.1. The van der Waals surface area contributed by atoms with Gasteiger partial charge in [0.05, 0.1) is 0 Å². The van der Waals surface area contributed by atoms with Crippen LogP contribution < -0.4 is 4.74 Å². The molecule has 4 nitrogen and oxygen atoms in total. The number of rotatable bonds is 7. The second-order valence-electron chi connectivity index (χ2n) is 11.1. The molecule has 3 aliphatic rings. The van der Waals surface area contributed by atoms with Gasteiger partial charge >= 0.3 is 5.97 Å². The average Bonchev–Trinajstić information content (AvgIpc) is 3.15. The Morgan fingerprint density at radius 3 is 2.59 bits per heavy atom. The van der Waals surface area contributed by atoms with Crippen LogP contribution >= 0.6 is 0 Å². The predicted molar refractivity (Wildman–Crippen MR) is 129 cm³/mol. The third-order valence-electron chi connectivity index (χ3n) is 8.73. The van der Waals surface area contributed by atoms with Crippen LogP contribution in [-0.2, 0) is 9.53 Å². The Kier molecular flexibility index (Phi) is 6.28. The van der Waals surface area contributed by atoms with Crippen molar-refractivity contribution in [3.8, 4) is 5.75 Å². The Hall–Kier alpha value is -2.07. The van der Waals surface area contributed by atoms with Crippen LogP contribution in [0.4, 0.5) is 0 Å². The van der Waals surface area contributed by atoms with Gasteiger partial charge in [-0.15, -0.1) is 0 Å². The van der Waals surface area contributed by atoms with E-state index in [0.29, 0.717) is 29.8 Å². The van der Waals surface area contributed by atoms with E-state index in [2.05, 4.69) is 32.3 Å². The first-order valence-corrected chi connectivity index (χ1v) is 12.1. The summed E-state index contributed by atoms with van der Waals surface area (Å²) in [7, 11) is 4.05. The van der Waals surface area contributed by atoms with E-state index in [1.165, 1.54) is 19.3 Å². The summed E-state index contributed by atoms with van der Waals surface area (Å²) < 4.78 is 11.7. The highest BCUT2D eigenvalue weighted by atomic mass is 16.5. The summed E-state index contributed by atoms with van der Waals surface area (Å²) in [5.41, 5.74) is 2.64. The van der Waals surface area contributed by atoms with Gasteiger partial charge in [-0.2, -0.15) is 0 Å². The van der Waals surface area contributed by atoms with E-state index in [9.17, 15) is 4.79 Å². The number of carbonyl (C=O) groups is 1. The summed E-state index contributed by atoms with van der Waals surface area (Å²) in [6, 6.07) is 7.79. The minimum absolute atomic E-state index is 0.164. The molecule has 4 rings (SSSR count). The zero-order valence-corrected chi connectivity index (χ0v) is 20.4. The first-order valence-electron chi connectivity index (χ1n) is 12.1. The third kappa shape index (κ3) is 4.14. The number of benzene rings is 1. The van der Waals surface area contributed by atoms with Gasteiger partial charge in [0.25, 0.3) is 0 Å². The monoisotopic (exact) mass is 437 g/mol. The number of ether oxygens (including phenoxy) is 2. The zero-order valence-electron chi connectivity index (χ0n) is 20.4. The van der Waals surface area contributed by atoms with E-state index >= 15 is 0 Å².